The van der Waals surface area contributed by atoms with Crippen LogP contribution in [-0.2, 0) is 4.74 Å². The van der Waals surface area contributed by atoms with E-state index in [-0.39, 0.29) is 17.8 Å². The Hall–Kier alpha value is -3.98. The van der Waals surface area contributed by atoms with Gasteiger partial charge in [0.1, 0.15) is 6.10 Å². The normalized spacial score (nSPS) is 14.7. The van der Waals surface area contributed by atoms with Gasteiger partial charge >= 0.3 is 6.09 Å². The van der Waals surface area contributed by atoms with Gasteiger partial charge in [-0.1, -0.05) is 92.8 Å². The van der Waals surface area contributed by atoms with Crippen LogP contribution in [0.25, 0.3) is 22.0 Å². The predicted molar refractivity (Wildman–Crippen MR) is 186 cm³/mol. The topological polar surface area (TPSA) is 107 Å². The van der Waals surface area contributed by atoms with Crippen LogP contribution < -0.4 is 16.2 Å². The Morgan fingerprint density at radius 3 is 2.37 bits per heavy atom. The number of likely N-dealkylation sites (tertiary alicyclic amines) is 1. The van der Waals surface area contributed by atoms with E-state index in [0.717, 1.165) is 78.7 Å². The highest BCUT2D eigenvalue weighted by Crippen LogP contribution is 2.28. The SMILES string of the molecule is O=C(Nc1ccccc1-c1ccccc1)OC1CCN(CCCCCCCCCNCC(O)c2cccc3[nH]c(=O)ccc23)CC1. The summed E-state index contributed by atoms with van der Waals surface area (Å²) in [7, 11) is 0. The second-order valence-corrected chi connectivity index (χ2v) is 12.3. The molecule has 4 N–H and O–H groups in total. The number of aromatic amines is 1. The average Bonchev–Trinajstić information content (AvgIpc) is 3.08. The highest BCUT2D eigenvalue weighted by molar-refractivity contribution is 5.91. The molecule has 1 saturated heterocycles. The highest BCUT2D eigenvalue weighted by atomic mass is 16.6. The molecule has 46 heavy (non-hydrogen) atoms. The van der Waals surface area contributed by atoms with Crippen molar-refractivity contribution in [1.29, 1.82) is 0 Å². The Balaban J connectivity index is 0.869. The molecule has 0 aliphatic carbocycles. The van der Waals surface area contributed by atoms with Crippen molar-refractivity contribution in [2.24, 2.45) is 0 Å². The van der Waals surface area contributed by atoms with Crippen LogP contribution in [0, 0.1) is 0 Å². The number of aromatic nitrogens is 1. The standard InChI is InChI=1S/C38H48N4O4/c43-36(33-17-13-19-35-32(33)20-21-37(44)40-35)28-39-24-11-4-2-1-3-5-12-25-42-26-22-30(23-27-42)46-38(45)41-34-18-10-9-16-31(34)29-14-7-6-8-15-29/h6-10,13-21,30,36,39,43H,1-5,11-12,22-28H2,(H,40,44)(H,41,45). The van der Waals surface area contributed by atoms with Crippen LogP contribution in [-0.4, -0.2) is 59.9 Å². The number of unbranched alkanes of at least 4 members (excludes halogenated alkanes) is 6. The molecule has 8 heteroatoms. The van der Waals surface area contributed by atoms with Crippen molar-refractivity contribution < 1.29 is 14.6 Å². The van der Waals surface area contributed by atoms with Crippen LogP contribution in [0.3, 0.4) is 0 Å². The second-order valence-electron chi connectivity index (χ2n) is 12.3. The van der Waals surface area contributed by atoms with Crippen LogP contribution in [0.5, 0.6) is 0 Å². The number of anilines is 1. The van der Waals surface area contributed by atoms with E-state index >= 15 is 0 Å². The van der Waals surface area contributed by atoms with E-state index in [1.165, 1.54) is 44.6 Å². The van der Waals surface area contributed by atoms with E-state index in [2.05, 4.69) is 20.5 Å². The largest absolute Gasteiger partial charge is 0.446 e. The Labute approximate surface area is 272 Å². The number of pyridine rings is 1. The number of nitrogens with one attached hydrogen (secondary N) is 3. The molecule has 0 radical (unpaired) electrons. The molecule has 1 aliphatic rings. The summed E-state index contributed by atoms with van der Waals surface area (Å²) in [5.41, 5.74) is 4.27. The fourth-order valence-electron chi connectivity index (χ4n) is 6.32. The first kappa shape index (κ1) is 33.4. The van der Waals surface area contributed by atoms with E-state index < -0.39 is 6.10 Å². The maximum Gasteiger partial charge on any atom is 0.411 e. The molecule has 1 unspecified atom stereocenters. The monoisotopic (exact) mass is 624 g/mol. The number of rotatable bonds is 16. The first-order valence-electron chi connectivity index (χ1n) is 16.9. The van der Waals surface area contributed by atoms with Crippen LogP contribution in [0.1, 0.15) is 69.5 Å². The zero-order chi connectivity index (χ0) is 32.0. The number of fused-ring (bicyclic) bond motifs is 1. The quantitative estimate of drug-likeness (QED) is 0.0978. The zero-order valence-corrected chi connectivity index (χ0v) is 26.8. The van der Waals surface area contributed by atoms with E-state index in [0.29, 0.717) is 6.54 Å². The van der Waals surface area contributed by atoms with Crippen molar-refractivity contribution in [2.45, 2.75) is 70.0 Å². The fourth-order valence-corrected chi connectivity index (χ4v) is 6.32. The summed E-state index contributed by atoms with van der Waals surface area (Å²) in [5.74, 6) is 0. The summed E-state index contributed by atoms with van der Waals surface area (Å²) in [6, 6.07) is 26.8. The maximum atomic E-state index is 12.7. The number of amides is 1. The molecular weight excluding hydrogens is 576 g/mol. The van der Waals surface area contributed by atoms with Gasteiger partial charge in [0.15, 0.2) is 0 Å². The number of carbonyl (C=O) groups excluding carboxylic acids is 1. The Bertz CT molecular complexity index is 1570. The molecule has 1 atom stereocenters. The number of ether oxygens (including phenoxy) is 1. The molecule has 0 bridgehead atoms. The molecule has 5 rings (SSSR count). The van der Waals surface area contributed by atoms with Crippen LogP contribution >= 0.6 is 0 Å². The lowest BCUT2D eigenvalue weighted by Gasteiger charge is -2.31. The molecule has 2 heterocycles. The molecule has 1 fully saturated rings. The van der Waals surface area contributed by atoms with Crippen molar-refractivity contribution in [3.05, 3.63) is 101 Å². The van der Waals surface area contributed by atoms with Gasteiger partial charge in [-0.05, 0) is 68.1 Å². The van der Waals surface area contributed by atoms with E-state index in [4.69, 9.17) is 4.74 Å². The number of para-hydroxylation sites is 1. The summed E-state index contributed by atoms with van der Waals surface area (Å²) < 4.78 is 5.79. The fraction of sp³-hybridized carbons (Fsp3) is 0.421. The molecular formula is C38H48N4O4. The number of hydrogen-bond donors (Lipinski definition) is 4. The molecule has 244 valence electrons. The van der Waals surface area contributed by atoms with E-state index in [9.17, 15) is 14.7 Å². The van der Waals surface area contributed by atoms with E-state index in [1.807, 2.05) is 72.8 Å². The highest BCUT2D eigenvalue weighted by Gasteiger charge is 2.22. The van der Waals surface area contributed by atoms with Crippen molar-refractivity contribution >= 4 is 22.7 Å². The smallest absolute Gasteiger partial charge is 0.411 e. The van der Waals surface area contributed by atoms with Gasteiger partial charge in [-0.3, -0.25) is 10.1 Å². The van der Waals surface area contributed by atoms with Gasteiger partial charge in [0.05, 0.1) is 11.8 Å². The third kappa shape index (κ3) is 10.0. The predicted octanol–water partition coefficient (Wildman–Crippen LogP) is 7.26. The molecule has 1 aliphatic heterocycles. The number of nitrogens with zero attached hydrogens (tertiary/aromatic N) is 1. The van der Waals surface area contributed by atoms with Gasteiger partial charge in [-0.25, -0.2) is 4.79 Å². The molecule has 0 spiro atoms. The number of benzene rings is 3. The van der Waals surface area contributed by atoms with Crippen LogP contribution in [0.15, 0.2) is 89.7 Å². The zero-order valence-electron chi connectivity index (χ0n) is 26.8. The lowest BCUT2D eigenvalue weighted by atomic mass is 10.0. The van der Waals surface area contributed by atoms with Crippen molar-refractivity contribution in [3.63, 3.8) is 0 Å². The first-order chi connectivity index (χ1) is 22.6. The number of carbonyl (C=O) groups is 1. The van der Waals surface area contributed by atoms with Crippen molar-refractivity contribution in [3.8, 4) is 11.1 Å². The van der Waals surface area contributed by atoms with Crippen LogP contribution in [0.2, 0.25) is 0 Å². The number of H-pyrrole nitrogens is 1. The minimum Gasteiger partial charge on any atom is -0.446 e. The molecule has 4 aromatic rings. The number of aliphatic hydroxyl groups excluding tert-OH is 1. The number of piperidine rings is 1. The second kappa shape index (κ2) is 17.6. The third-order valence-electron chi connectivity index (χ3n) is 8.88. The van der Waals surface area contributed by atoms with Gasteiger partial charge in [-0.15, -0.1) is 0 Å². The first-order valence-corrected chi connectivity index (χ1v) is 16.9. The summed E-state index contributed by atoms with van der Waals surface area (Å²) in [6.45, 7) is 4.45. The van der Waals surface area contributed by atoms with Gasteiger partial charge in [0.2, 0.25) is 5.56 Å². The van der Waals surface area contributed by atoms with Crippen molar-refractivity contribution in [1.82, 2.24) is 15.2 Å². The van der Waals surface area contributed by atoms with Gasteiger partial charge in [0.25, 0.3) is 0 Å². The minimum atomic E-state index is -0.610. The van der Waals surface area contributed by atoms with Gasteiger partial charge in [0, 0.05) is 42.2 Å². The molecule has 0 saturated carbocycles. The summed E-state index contributed by atoms with van der Waals surface area (Å²) >= 11 is 0. The Morgan fingerprint density at radius 1 is 0.848 bits per heavy atom. The summed E-state index contributed by atoms with van der Waals surface area (Å²) in [4.78, 5) is 29.6. The minimum absolute atomic E-state index is 0.0390. The number of hydrogen-bond acceptors (Lipinski definition) is 6. The lowest BCUT2D eigenvalue weighted by Crippen LogP contribution is -2.38. The molecule has 1 amide bonds. The average molecular weight is 625 g/mol. The van der Waals surface area contributed by atoms with Gasteiger partial charge < -0.3 is 25.0 Å². The molecule has 8 nitrogen and oxygen atoms in total. The Kier molecular flexibility index (Phi) is 12.8. The molecule has 3 aromatic carbocycles. The molecule has 1 aromatic heterocycles. The summed E-state index contributed by atoms with van der Waals surface area (Å²) in [6.07, 6.45) is 9.24. The van der Waals surface area contributed by atoms with Crippen LogP contribution in [0.4, 0.5) is 10.5 Å². The number of aliphatic hydroxyl groups is 1. The van der Waals surface area contributed by atoms with Crippen molar-refractivity contribution in [2.75, 3.05) is 38.0 Å². The van der Waals surface area contributed by atoms with Gasteiger partial charge in [-0.2, -0.15) is 0 Å². The maximum absolute atomic E-state index is 12.7. The Morgan fingerprint density at radius 2 is 1.57 bits per heavy atom. The van der Waals surface area contributed by atoms with E-state index in [1.54, 1.807) is 6.07 Å². The summed E-state index contributed by atoms with van der Waals surface area (Å²) in [5, 5.41) is 17.9. The lowest BCUT2D eigenvalue weighted by molar-refractivity contribution is 0.0584. The third-order valence-corrected chi connectivity index (χ3v) is 8.88.